The number of aromatic nitrogens is 1. The fourth-order valence-corrected chi connectivity index (χ4v) is 2.93. The van der Waals surface area contributed by atoms with Crippen LogP contribution in [0.25, 0.3) is 0 Å². The van der Waals surface area contributed by atoms with E-state index in [1.807, 2.05) is 0 Å². The van der Waals surface area contributed by atoms with Crippen molar-refractivity contribution in [2.45, 2.75) is 12.8 Å². The maximum absolute atomic E-state index is 12.7. The van der Waals surface area contributed by atoms with Crippen LogP contribution in [0.1, 0.15) is 23.2 Å². The fourth-order valence-electron chi connectivity index (χ4n) is 2.93. The van der Waals surface area contributed by atoms with E-state index in [2.05, 4.69) is 15.6 Å². The number of hydrogen-bond donors (Lipinski definition) is 3. The van der Waals surface area contributed by atoms with Crippen LogP contribution in [0.5, 0.6) is 0 Å². The summed E-state index contributed by atoms with van der Waals surface area (Å²) in [6, 6.07) is 10.2. The average Bonchev–Trinajstić information content (AvgIpc) is 2.69. The topological polar surface area (TPSA) is 106 Å². The molecule has 0 spiro atoms. The molecular formula is C19H24Cl2N4O3. The molecular weight excluding hydrogens is 403 g/mol. The zero-order chi connectivity index (χ0) is 18.4. The molecule has 0 saturated carbocycles. The van der Waals surface area contributed by atoms with Crippen LogP contribution in [-0.4, -0.2) is 36.6 Å². The maximum atomic E-state index is 12.7. The molecule has 1 aliphatic rings. The van der Waals surface area contributed by atoms with E-state index in [9.17, 15) is 9.59 Å². The van der Waals surface area contributed by atoms with Crippen molar-refractivity contribution in [3.63, 3.8) is 0 Å². The molecule has 1 aliphatic heterocycles. The van der Waals surface area contributed by atoms with Crippen LogP contribution in [0, 0.1) is 5.41 Å². The van der Waals surface area contributed by atoms with Crippen LogP contribution >= 0.6 is 24.8 Å². The Morgan fingerprint density at radius 1 is 1.04 bits per heavy atom. The van der Waals surface area contributed by atoms with Crippen LogP contribution in [0.3, 0.4) is 0 Å². The van der Waals surface area contributed by atoms with Gasteiger partial charge in [-0.15, -0.1) is 24.8 Å². The van der Waals surface area contributed by atoms with E-state index in [1.54, 1.807) is 48.8 Å². The first-order valence-corrected chi connectivity index (χ1v) is 8.54. The molecule has 0 atom stereocenters. The molecule has 0 aliphatic carbocycles. The molecule has 1 aromatic heterocycles. The fraction of sp³-hybridized carbons (Fsp3) is 0.316. The lowest BCUT2D eigenvalue weighted by molar-refractivity contribution is -0.130. The van der Waals surface area contributed by atoms with Gasteiger partial charge < -0.3 is 21.1 Å². The summed E-state index contributed by atoms with van der Waals surface area (Å²) >= 11 is 0. The highest BCUT2D eigenvalue weighted by Gasteiger charge is 2.38. The van der Waals surface area contributed by atoms with Crippen molar-refractivity contribution in [1.82, 2.24) is 4.98 Å². The molecule has 152 valence electrons. The predicted octanol–water partition coefficient (Wildman–Crippen LogP) is 2.87. The molecule has 3 rings (SSSR count). The van der Waals surface area contributed by atoms with Gasteiger partial charge in [0.05, 0.1) is 5.41 Å². The Morgan fingerprint density at radius 2 is 1.71 bits per heavy atom. The van der Waals surface area contributed by atoms with Crippen molar-refractivity contribution >= 4 is 48.0 Å². The van der Waals surface area contributed by atoms with E-state index >= 15 is 0 Å². The zero-order valence-corrected chi connectivity index (χ0v) is 16.9. The van der Waals surface area contributed by atoms with E-state index < -0.39 is 5.41 Å². The van der Waals surface area contributed by atoms with Crippen LogP contribution in [-0.2, 0) is 9.53 Å². The average molecular weight is 427 g/mol. The van der Waals surface area contributed by atoms with Gasteiger partial charge in [0.1, 0.15) is 0 Å². The summed E-state index contributed by atoms with van der Waals surface area (Å²) in [5.41, 5.74) is 6.93. The lowest BCUT2D eigenvalue weighted by Gasteiger charge is -2.34. The minimum absolute atomic E-state index is 0. The number of halogens is 2. The lowest BCUT2D eigenvalue weighted by Crippen LogP contribution is -2.46. The summed E-state index contributed by atoms with van der Waals surface area (Å²) in [6.45, 7) is 1.32. The van der Waals surface area contributed by atoms with E-state index in [4.69, 9.17) is 10.5 Å². The number of amides is 2. The van der Waals surface area contributed by atoms with Crippen molar-refractivity contribution < 1.29 is 14.3 Å². The normalized spacial score (nSPS) is 14.8. The summed E-state index contributed by atoms with van der Waals surface area (Å²) in [5.74, 6) is -0.387. The highest BCUT2D eigenvalue weighted by molar-refractivity contribution is 6.05. The number of rotatable bonds is 5. The van der Waals surface area contributed by atoms with Gasteiger partial charge in [0.15, 0.2) is 0 Å². The van der Waals surface area contributed by atoms with Crippen LogP contribution in [0.15, 0.2) is 48.8 Å². The van der Waals surface area contributed by atoms with E-state index in [-0.39, 0.29) is 43.2 Å². The number of hydrogen-bond acceptors (Lipinski definition) is 5. The molecule has 7 nitrogen and oxygen atoms in total. The standard InChI is InChI=1S/C19H22N4O3.2ClH/c20-13-19(6-10-26-11-7-19)18(25)23-16-3-1-2-14(12-16)17(24)22-15-4-8-21-9-5-15;;/h1-5,8-9,12H,6-7,10-11,13,20H2,(H,23,25)(H,21,22,24);2*1H. The number of anilines is 2. The highest BCUT2D eigenvalue weighted by atomic mass is 35.5. The second-order valence-electron chi connectivity index (χ2n) is 6.32. The molecule has 0 unspecified atom stereocenters. The number of carbonyl (C=O) groups is 2. The van der Waals surface area contributed by atoms with Crippen molar-refractivity contribution in [2.24, 2.45) is 11.1 Å². The molecule has 28 heavy (non-hydrogen) atoms. The quantitative estimate of drug-likeness (QED) is 0.681. The van der Waals surface area contributed by atoms with E-state index in [0.717, 1.165) is 0 Å². The number of nitrogens with zero attached hydrogens (tertiary/aromatic N) is 1. The Labute approximate surface area is 176 Å². The van der Waals surface area contributed by atoms with Crippen molar-refractivity contribution in [1.29, 1.82) is 0 Å². The minimum Gasteiger partial charge on any atom is -0.381 e. The van der Waals surface area contributed by atoms with Crippen molar-refractivity contribution in [2.75, 3.05) is 30.4 Å². The van der Waals surface area contributed by atoms with E-state index in [0.29, 0.717) is 43.0 Å². The third kappa shape index (κ3) is 5.65. The monoisotopic (exact) mass is 426 g/mol. The highest BCUT2D eigenvalue weighted by Crippen LogP contribution is 2.31. The van der Waals surface area contributed by atoms with Gasteiger partial charge in [-0.05, 0) is 43.2 Å². The maximum Gasteiger partial charge on any atom is 0.255 e. The Balaban J connectivity index is 0.00000196. The number of carbonyl (C=O) groups excluding carboxylic acids is 2. The Kier molecular flexibility index (Phi) is 9.34. The second-order valence-corrected chi connectivity index (χ2v) is 6.32. The SMILES string of the molecule is Cl.Cl.NCC1(C(=O)Nc2cccc(C(=O)Nc3ccncc3)c2)CCOCC1. The zero-order valence-electron chi connectivity index (χ0n) is 15.2. The Morgan fingerprint density at radius 3 is 2.36 bits per heavy atom. The second kappa shape index (κ2) is 11.0. The summed E-state index contributed by atoms with van der Waals surface area (Å²) in [5, 5.41) is 5.69. The van der Waals surface area contributed by atoms with Crippen LogP contribution in [0.2, 0.25) is 0 Å². The van der Waals surface area contributed by atoms with Gasteiger partial charge in [-0.3, -0.25) is 14.6 Å². The number of ether oxygens (including phenoxy) is 1. The Bertz CT molecular complexity index is 784. The number of nitrogens with two attached hydrogens (primary N) is 1. The van der Waals surface area contributed by atoms with Gasteiger partial charge in [-0.2, -0.15) is 0 Å². The largest absolute Gasteiger partial charge is 0.381 e. The predicted molar refractivity (Wildman–Crippen MR) is 113 cm³/mol. The first-order chi connectivity index (χ1) is 12.6. The number of pyridine rings is 1. The molecule has 1 fully saturated rings. The number of benzene rings is 1. The van der Waals surface area contributed by atoms with Crippen LogP contribution < -0.4 is 16.4 Å². The molecule has 2 amide bonds. The molecule has 2 heterocycles. The van der Waals surface area contributed by atoms with Gasteiger partial charge in [-0.25, -0.2) is 0 Å². The summed E-state index contributed by atoms with van der Waals surface area (Å²) in [6.07, 6.45) is 4.40. The van der Waals surface area contributed by atoms with E-state index in [1.165, 1.54) is 0 Å². The van der Waals surface area contributed by atoms with Crippen LogP contribution in [0.4, 0.5) is 11.4 Å². The first kappa shape index (κ1) is 23.8. The molecule has 0 radical (unpaired) electrons. The summed E-state index contributed by atoms with van der Waals surface area (Å²) in [4.78, 5) is 29.0. The molecule has 4 N–H and O–H groups in total. The summed E-state index contributed by atoms with van der Waals surface area (Å²) < 4.78 is 5.34. The van der Waals surface area contributed by atoms with Gasteiger partial charge in [0, 0.05) is 49.1 Å². The Hall–Kier alpha value is -2.19. The molecule has 1 saturated heterocycles. The minimum atomic E-state index is -0.618. The van der Waals surface area contributed by atoms with Gasteiger partial charge >= 0.3 is 0 Å². The smallest absolute Gasteiger partial charge is 0.255 e. The molecule has 9 heteroatoms. The third-order valence-corrected chi connectivity index (χ3v) is 4.64. The molecule has 2 aromatic rings. The first-order valence-electron chi connectivity index (χ1n) is 8.54. The molecule has 1 aromatic carbocycles. The molecule has 0 bridgehead atoms. The van der Waals surface area contributed by atoms with Gasteiger partial charge in [0.25, 0.3) is 5.91 Å². The van der Waals surface area contributed by atoms with Crippen molar-refractivity contribution in [3.8, 4) is 0 Å². The number of nitrogens with one attached hydrogen (secondary N) is 2. The van der Waals surface area contributed by atoms with Gasteiger partial charge in [-0.1, -0.05) is 6.07 Å². The summed E-state index contributed by atoms with van der Waals surface area (Å²) in [7, 11) is 0. The van der Waals surface area contributed by atoms with Gasteiger partial charge in [0.2, 0.25) is 5.91 Å². The van der Waals surface area contributed by atoms with Crippen molar-refractivity contribution in [3.05, 3.63) is 54.4 Å². The third-order valence-electron chi connectivity index (χ3n) is 4.64. The lowest BCUT2D eigenvalue weighted by atomic mass is 9.79.